The van der Waals surface area contributed by atoms with E-state index in [0.29, 0.717) is 12.3 Å². The highest BCUT2D eigenvalue weighted by atomic mass is 16.6. The molecular weight excluding hydrogens is 216 g/mol. The van der Waals surface area contributed by atoms with Crippen LogP contribution in [0.5, 0.6) is 5.75 Å². The molecule has 1 fully saturated rings. The Bertz CT molecular complexity index is 389. The number of hydrogen-bond acceptors (Lipinski definition) is 3. The molecular formula is C13H18N2O2. The monoisotopic (exact) mass is 234 g/mol. The van der Waals surface area contributed by atoms with E-state index in [0.717, 1.165) is 24.9 Å². The Morgan fingerprint density at radius 1 is 1.41 bits per heavy atom. The maximum absolute atomic E-state index is 11.8. The average Bonchev–Trinajstić information content (AvgIpc) is 2.32. The van der Waals surface area contributed by atoms with Crippen LogP contribution in [0.3, 0.4) is 0 Å². The number of piperidine rings is 1. The fourth-order valence-corrected chi connectivity index (χ4v) is 1.95. The molecule has 0 aromatic heterocycles. The van der Waals surface area contributed by atoms with E-state index in [1.807, 2.05) is 19.1 Å². The fraction of sp³-hybridized carbons (Fsp3) is 0.462. The van der Waals surface area contributed by atoms with Crippen molar-refractivity contribution in [2.75, 3.05) is 13.1 Å². The lowest BCUT2D eigenvalue weighted by atomic mass is 10.1. The van der Waals surface area contributed by atoms with Crippen molar-refractivity contribution in [3.05, 3.63) is 29.8 Å². The van der Waals surface area contributed by atoms with Gasteiger partial charge in [-0.3, -0.25) is 0 Å². The van der Waals surface area contributed by atoms with Crippen LogP contribution < -0.4 is 10.5 Å². The quantitative estimate of drug-likeness (QED) is 0.807. The number of benzene rings is 1. The Labute approximate surface area is 101 Å². The van der Waals surface area contributed by atoms with Crippen molar-refractivity contribution in [1.29, 1.82) is 0 Å². The molecule has 17 heavy (non-hydrogen) atoms. The van der Waals surface area contributed by atoms with Crippen LogP contribution in [0.15, 0.2) is 24.3 Å². The van der Waals surface area contributed by atoms with Gasteiger partial charge in [-0.05, 0) is 31.9 Å². The Kier molecular flexibility index (Phi) is 3.64. The fourth-order valence-electron chi connectivity index (χ4n) is 1.95. The van der Waals surface area contributed by atoms with Gasteiger partial charge in [0.1, 0.15) is 5.75 Å². The summed E-state index contributed by atoms with van der Waals surface area (Å²) in [6.45, 7) is 3.32. The molecule has 0 bridgehead atoms. The molecule has 0 spiro atoms. The highest BCUT2D eigenvalue weighted by molar-refractivity contribution is 5.70. The first-order valence-electron chi connectivity index (χ1n) is 5.94. The second-order valence-corrected chi connectivity index (χ2v) is 4.53. The van der Waals surface area contributed by atoms with Crippen LogP contribution in [0.2, 0.25) is 0 Å². The lowest BCUT2D eigenvalue weighted by Gasteiger charge is -2.29. The number of rotatable bonds is 1. The second-order valence-electron chi connectivity index (χ2n) is 4.53. The predicted octanol–water partition coefficient (Wildman–Crippen LogP) is 1.92. The molecule has 1 amide bonds. The zero-order chi connectivity index (χ0) is 12.3. The normalized spacial score (nSPS) is 20.1. The summed E-state index contributed by atoms with van der Waals surface area (Å²) in [5, 5.41) is 0. The van der Waals surface area contributed by atoms with E-state index in [2.05, 4.69) is 0 Å². The Morgan fingerprint density at radius 3 is 2.76 bits per heavy atom. The summed E-state index contributed by atoms with van der Waals surface area (Å²) in [6, 6.07) is 7.53. The molecule has 1 aromatic rings. The molecule has 1 unspecified atom stereocenters. The predicted molar refractivity (Wildman–Crippen MR) is 66.0 cm³/mol. The van der Waals surface area contributed by atoms with Crippen LogP contribution >= 0.6 is 0 Å². The van der Waals surface area contributed by atoms with E-state index >= 15 is 0 Å². The van der Waals surface area contributed by atoms with Gasteiger partial charge in [0.25, 0.3) is 0 Å². The van der Waals surface area contributed by atoms with Crippen LogP contribution in [0, 0.1) is 6.92 Å². The minimum absolute atomic E-state index is 0.0781. The van der Waals surface area contributed by atoms with Crippen LogP contribution in [0.1, 0.15) is 18.4 Å². The molecule has 1 aliphatic rings. The first-order chi connectivity index (χ1) is 8.15. The van der Waals surface area contributed by atoms with E-state index in [4.69, 9.17) is 10.5 Å². The van der Waals surface area contributed by atoms with Crippen LogP contribution in [0.25, 0.3) is 0 Å². The minimum Gasteiger partial charge on any atom is -0.410 e. The first-order valence-corrected chi connectivity index (χ1v) is 5.94. The van der Waals surface area contributed by atoms with Gasteiger partial charge in [0.15, 0.2) is 0 Å². The van der Waals surface area contributed by atoms with Crippen molar-refractivity contribution >= 4 is 6.09 Å². The number of likely N-dealkylation sites (tertiary alicyclic amines) is 1. The summed E-state index contributed by atoms with van der Waals surface area (Å²) in [6.07, 6.45) is 1.63. The van der Waals surface area contributed by atoms with E-state index in [1.54, 1.807) is 17.0 Å². The van der Waals surface area contributed by atoms with Crippen molar-refractivity contribution in [3.63, 3.8) is 0 Å². The molecule has 0 saturated carbocycles. The highest BCUT2D eigenvalue weighted by Gasteiger charge is 2.22. The highest BCUT2D eigenvalue weighted by Crippen LogP contribution is 2.15. The van der Waals surface area contributed by atoms with Gasteiger partial charge in [-0.2, -0.15) is 0 Å². The Balaban J connectivity index is 1.94. The van der Waals surface area contributed by atoms with Gasteiger partial charge < -0.3 is 15.4 Å². The van der Waals surface area contributed by atoms with Crippen molar-refractivity contribution in [2.24, 2.45) is 5.73 Å². The third-order valence-electron chi connectivity index (χ3n) is 2.94. The van der Waals surface area contributed by atoms with Crippen LogP contribution in [-0.2, 0) is 0 Å². The number of hydrogen-bond donors (Lipinski definition) is 1. The van der Waals surface area contributed by atoms with Gasteiger partial charge >= 0.3 is 6.09 Å². The number of nitrogens with two attached hydrogens (primary N) is 1. The van der Waals surface area contributed by atoms with Crippen molar-refractivity contribution in [3.8, 4) is 5.75 Å². The molecule has 4 nitrogen and oxygen atoms in total. The number of aryl methyl sites for hydroxylation is 1. The van der Waals surface area contributed by atoms with Gasteiger partial charge in [-0.1, -0.05) is 17.7 Å². The summed E-state index contributed by atoms with van der Waals surface area (Å²) >= 11 is 0. The topological polar surface area (TPSA) is 55.6 Å². The molecule has 2 rings (SSSR count). The average molecular weight is 234 g/mol. The number of amides is 1. The summed E-state index contributed by atoms with van der Waals surface area (Å²) in [7, 11) is 0. The SMILES string of the molecule is Cc1ccc(OC(=O)N2CCCC(N)C2)cc1. The molecule has 0 aliphatic carbocycles. The second kappa shape index (κ2) is 5.19. The van der Waals surface area contributed by atoms with Gasteiger partial charge in [0, 0.05) is 19.1 Å². The molecule has 4 heteroatoms. The zero-order valence-corrected chi connectivity index (χ0v) is 10.1. The maximum atomic E-state index is 11.8. The Morgan fingerprint density at radius 2 is 2.12 bits per heavy atom. The van der Waals surface area contributed by atoms with E-state index in [1.165, 1.54) is 0 Å². The van der Waals surface area contributed by atoms with Crippen molar-refractivity contribution in [1.82, 2.24) is 4.90 Å². The molecule has 1 aliphatic heterocycles. The summed E-state index contributed by atoms with van der Waals surface area (Å²) in [5.74, 6) is 0.583. The van der Waals surface area contributed by atoms with Gasteiger partial charge in [-0.25, -0.2) is 4.79 Å². The summed E-state index contributed by atoms with van der Waals surface area (Å²) in [4.78, 5) is 13.5. The molecule has 92 valence electrons. The van der Waals surface area contributed by atoms with Crippen molar-refractivity contribution < 1.29 is 9.53 Å². The lowest BCUT2D eigenvalue weighted by Crippen LogP contribution is -2.46. The largest absolute Gasteiger partial charge is 0.415 e. The smallest absolute Gasteiger partial charge is 0.410 e. The first kappa shape index (κ1) is 11.9. The zero-order valence-electron chi connectivity index (χ0n) is 10.1. The minimum atomic E-state index is -0.302. The van der Waals surface area contributed by atoms with Gasteiger partial charge in [0.05, 0.1) is 0 Å². The van der Waals surface area contributed by atoms with E-state index in [9.17, 15) is 4.79 Å². The number of ether oxygens (including phenoxy) is 1. The number of nitrogens with zero attached hydrogens (tertiary/aromatic N) is 1. The van der Waals surface area contributed by atoms with Crippen LogP contribution in [-0.4, -0.2) is 30.1 Å². The number of carbonyl (C=O) groups excluding carboxylic acids is 1. The maximum Gasteiger partial charge on any atom is 0.415 e. The molecule has 1 atom stereocenters. The third-order valence-corrected chi connectivity index (χ3v) is 2.94. The van der Waals surface area contributed by atoms with Gasteiger partial charge in [0.2, 0.25) is 0 Å². The Hall–Kier alpha value is -1.55. The van der Waals surface area contributed by atoms with E-state index in [-0.39, 0.29) is 12.1 Å². The molecule has 1 heterocycles. The van der Waals surface area contributed by atoms with Crippen molar-refractivity contribution in [2.45, 2.75) is 25.8 Å². The van der Waals surface area contributed by atoms with Gasteiger partial charge in [-0.15, -0.1) is 0 Å². The standard InChI is InChI=1S/C13H18N2O2/c1-10-4-6-12(7-5-10)17-13(16)15-8-2-3-11(14)9-15/h4-7,11H,2-3,8-9,14H2,1H3. The molecule has 2 N–H and O–H groups in total. The lowest BCUT2D eigenvalue weighted by molar-refractivity contribution is 0.137. The molecule has 1 aromatic carbocycles. The third kappa shape index (κ3) is 3.20. The van der Waals surface area contributed by atoms with E-state index < -0.39 is 0 Å². The van der Waals surface area contributed by atoms with Crippen LogP contribution in [0.4, 0.5) is 4.79 Å². The summed E-state index contributed by atoms with van der Waals surface area (Å²) in [5.41, 5.74) is 6.97. The molecule has 1 saturated heterocycles. The summed E-state index contributed by atoms with van der Waals surface area (Å²) < 4.78 is 5.29. The molecule has 0 radical (unpaired) electrons. The number of carbonyl (C=O) groups is 1.